The van der Waals surface area contributed by atoms with Crippen LogP contribution in [0.25, 0.3) is 0 Å². The number of carboxylic acid groups (broad SMARTS) is 1. The van der Waals surface area contributed by atoms with Crippen LogP contribution < -0.4 is 9.64 Å². The van der Waals surface area contributed by atoms with Crippen molar-refractivity contribution in [3.05, 3.63) is 42.0 Å². The number of methoxy groups -OCH3 is 1. The van der Waals surface area contributed by atoms with Gasteiger partial charge in [-0.1, -0.05) is 17.8 Å². The zero-order valence-electron chi connectivity index (χ0n) is 12.7. The largest absolute Gasteiger partial charge is 0.497 e. The lowest BCUT2D eigenvalue weighted by Gasteiger charge is -2.30. The fraction of sp³-hybridized carbons (Fsp3) is 0.235. The number of benzene rings is 2. The van der Waals surface area contributed by atoms with Crippen LogP contribution in [0.3, 0.4) is 0 Å². The maximum absolute atomic E-state index is 11.2. The second kappa shape index (κ2) is 5.57. The van der Waals surface area contributed by atoms with Gasteiger partial charge in [0.25, 0.3) is 0 Å². The van der Waals surface area contributed by atoms with Crippen LogP contribution in [-0.4, -0.2) is 25.2 Å². The molecule has 2 aromatic carbocycles. The average Bonchev–Trinajstić information content (AvgIpc) is 2.53. The molecule has 0 aromatic heterocycles. The Morgan fingerprint density at radius 2 is 1.95 bits per heavy atom. The van der Waals surface area contributed by atoms with E-state index >= 15 is 0 Å². The number of hydrogen-bond donors (Lipinski definition) is 1. The SMILES string of the molecule is COc1ccc2c(c1)Sc1ccc([C@H](C)C(=O)O)cc1N2C. The standard InChI is InChI=1S/C17H17NO3S/c1-10(17(19)20)11-4-7-15-14(8-11)18(2)13-6-5-12(21-3)9-16(13)22-15/h4-10H,1-3H3,(H,19,20)/t10-/m0/s1. The Labute approximate surface area is 133 Å². The number of carbonyl (C=O) groups is 1. The first kappa shape index (κ1) is 14.8. The smallest absolute Gasteiger partial charge is 0.310 e. The zero-order valence-corrected chi connectivity index (χ0v) is 13.5. The van der Waals surface area contributed by atoms with Crippen LogP contribution >= 0.6 is 11.8 Å². The number of hydrogen-bond acceptors (Lipinski definition) is 4. The summed E-state index contributed by atoms with van der Waals surface area (Å²) >= 11 is 1.68. The molecule has 0 saturated heterocycles. The number of anilines is 2. The molecule has 0 fully saturated rings. The van der Waals surface area contributed by atoms with Crippen molar-refractivity contribution in [1.29, 1.82) is 0 Å². The van der Waals surface area contributed by atoms with Crippen LogP contribution in [0, 0.1) is 0 Å². The van der Waals surface area contributed by atoms with E-state index in [4.69, 9.17) is 4.74 Å². The van der Waals surface area contributed by atoms with Gasteiger partial charge in [-0.15, -0.1) is 0 Å². The van der Waals surface area contributed by atoms with Gasteiger partial charge in [-0.3, -0.25) is 4.79 Å². The molecule has 0 amide bonds. The highest BCUT2D eigenvalue weighted by Gasteiger charge is 2.23. The van der Waals surface area contributed by atoms with Gasteiger partial charge in [0.15, 0.2) is 0 Å². The Bertz CT molecular complexity index is 745. The molecule has 0 radical (unpaired) electrons. The number of fused-ring (bicyclic) bond motifs is 2. The minimum atomic E-state index is -0.809. The van der Waals surface area contributed by atoms with E-state index in [2.05, 4.69) is 4.90 Å². The first-order valence-electron chi connectivity index (χ1n) is 6.97. The summed E-state index contributed by atoms with van der Waals surface area (Å²) in [4.78, 5) is 15.5. The Morgan fingerprint density at radius 1 is 1.18 bits per heavy atom. The molecule has 3 rings (SSSR count). The van der Waals surface area contributed by atoms with Crippen molar-refractivity contribution in [2.24, 2.45) is 0 Å². The Morgan fingerprint density at radius 3 is 2.64 bits per heavy atom. The highest BCUT2D eigenvalue weighted by atomic mass is 32.2. The summed E-state index contributed by atoms with van der Waals surface area (Å²) in [6, 6.07) is 11.8. The fourth-order valence-electron chi connectivity index (χ4n) is 2.52. The monoisotopic (exact) mass is 315 g/mol. The molecule has 2 aromatic rings. The topological polar surface area (TPSA) is 49.8 Å². The number of carboxylic acids is 1. The van der Waals surface area contributed by atoms with Gasteiger partial charge in [0, 0.05) is 16.8 Å². The molecular formula is C17H17NO3S. The molecule has 1 heterocycles. The van der Waals surface area contributed by atoms with Crippen LogP contribution in [0.4, 0.5) is 11.4 Å². The first-order chi connectivity index (χ1) is 10.5. The molecule has 1 aliphatic rings. The van der Waals surface area contributed by atoms with E-state index in [1.807, 2.05) is 43.4 Å². The van der Waals surface area contributed by atoms with Gasteiger partial charge >= 0.3 is 5.97 Å². The van der Waals surface area contributed by atoms with E-state index in [0.29, 0.717) is 0 Å². The number of aliphatic carboxylic acids is 1. The van der Waals surface area contributed by atoms with Crippen molar-refractivity contribution in [2.45, 2.75) is 22.6 Å². The predicted octanol–water partition coefficient (Wildman–Crippen LogP) is 4.12. The first-order valence-corrected chi connectivity index (χ1v) is 7.79. The molecule has 0 spiro atoms. The van der Waals surface area contributed by atoms with E-state index in [1.54, 1.807) is 25.8 Å². The molecule has 114 valence electrons. The highest BCUT2D eigenvalue weighted by Crippen LogP contribution is 2.49. The minimum absolute atomic E-state index is 0.513. The number of nitrogens with zero attached hydrogens (tertiary/aromatic N) is 1. The Balaban J connectivity index is 2.03. The van der Waals surface area contributed by atoms with Gasteiger partial charge in [-0.25, -0.2) is 0 Å². The molecule has 1 atom stereocenters. The van der Waals surface area contributed by atoms with Gasteiger partial charge in [-0.05, 0) is 42.8 Å². The molecule has 1 aliphatic heterocycles. The van der Waals surface area contributed by atoms with E-state index in [-0.39, 0.29) is 0 Å². The normalized spacial score (nSPS) is 14.0. The van der Waals surface area contributed by atoms with Crippen molar-refractivity contribution >= 4 is 29.1 Å². The van der Waals surface area contributed by atoms with E-state index in [9.17, 15) is 9.90 Å². The summed E-state index contributed by atoms with van der Waals surface area (Å²) in [5.74, 6) is -0.489. The summed E-state index contributed by atoms with van der Waals surface area (Å²) in [6.45, 7) is 1.71. The van der Waals surface area contributed by atoms with Crippen LogP contribution in [0.2, 0.25) is 0 Å². The molecular weight excluding hydrogens is 298 g/mol. The molecule has 0 saturated carbocycles. The number of ether oxygens (including phenoxy) is 1. The van der Waals surface area contributed by atoms with Crippen molar-refractivity contribution < 1.29 is 14.6 Å². The summed E-state index contributed by atoms with van der Waals surface area (Å²) < 4.78 is 5.28. The molecule has 0 aliphatic carbocycles. The van der Waals surface area contributed by atoms with Gasteiger partial charge < -0.3 is 14.7 Å². The minimum Gasteiger partial charge on any atom is -0.497 e. The number of rotatable bonds is 3. The lowest BCUT2D eigenvalue weighted by Crippen LogP contribution is -2.16. The molecule has 0 unspecified atom stereocenters. The van der Waals surface area contributed by atoms with E-state index in [1.165, 1.54) is 0 Å². The second-order valence-electron chi connectivity index (χ2n) is 5.28. The Kier molecular flexibility index (Phi) is 3.74. The molecule has 22 heavy (non-hydrogen) atoms. The molecule has 0 bridgehead atoms. The van der Waals surface area contributed by atoms with E-state index in [0.717, 1.165) is 32.5 Å². The predicted molar refractivity (Wildman–Crippen MR) is 87.7 cm³/mol. The van der Waals surface area contributed by atoms with Crippen LogP contribution in [0.1, 0.15) is 18.4 Å². The lowest BCUT2D eigenvalue weighted by atomic mass is 10.0. The average molecular weight is 315 g/mol. The summed E-state index contributed by atoms with van der Waals surface area (Å²) in [6.07, 6.45) is 0. The summed E-state index contributed by atoms with van der Waals surface area (Å²) in [5.41, 5.74) is 2.95. The van der Waals surface area contributed by atoms with E-state index < -0.39 is 11.9 Å². The van der Waals surface area contributed by atoms with Gasteiger partial charge in [0.1, 0.15) is 5.75 Å². The maximum Gasteiger partial charge on any atom is 0.310 e. The summed E-state index contributed by atoms with van der Waals surface area (Å²) in [7, 11) is 3.66. The van der Waals surface area contributed by atoms with Crippen LogP contribution in [0.5, 0.6) is 5.75 Å². The second-order valence-corrected chi connectivity index (χ2v) is 6.37. The quantitative estimate of drug-likeness (QED) is 0.923. The highest BCUT2D eigenvalue weighted by molar-refractivity contribution is 7.99. The molecule has 1 N–H and O–H groups in total. The molecule has 5 heteroatoms. The fourth-order valence-corrected chi connectivity index (χ4v) is 3.68. The third kappa shape index (κ3) is 2.41. The van der Waals surface area contributed by atoms with Crippen molar-refractivity contribution in [3.63, 3.8) is 0 Å². The molecule has 4 nitrogen and oxygen atoms in total. The third-order valence-electron chi connectivity index (χ3n) is 3.96. The summed E-state index contributed by atoms with van der Waals surface area (Å²) in [5, 5.41) is 9.19. The third-order valence-corrected chi connectivity index (χ3v) is 5.08. The van der Waals surface area contributed by atoms with Gasteiger partial charge in [0.05, 0.1) is 24.4 Å². The van der Waals surface area contributed by atoms with Crippen LogP contribution in [0.15, 0.2) is 46.2 Å². The van der Waals surface area contributed by atoms with Crippen molar-refractivity contribution in [3.8, 4) is 5.75 Å². The van der Waals surface area contributed by atoms with Gasteiger partial charge in [-0.2, -0.15) is 0 Å². The lowest BCUT2D eigenvalue weighted by molar-refractivity contribution is -0.138. The van der Waals surface area contributed by atoms with Crippen LogP contribution in [-0.2, 0) is 4.79 Å². The van der Waals surface area contributed by atoms with Gasteiger partial charge in [0.2, 0.25) is 0 Å². The van der Waals surface area contributed by atoms with Crippen molar-refractivity contribution in [2.75, 3.05) is 19.1 Å². The Hall–Kier alpha value is -2.14. The van der Waals surface area contributed by atoms with Crippen molar-refractivity contribution in [1.82, 2.24) is 0 Å². The maximum atomic E-state index is 11.2. The zero-order chi connectivity index (χ0) is 15.9.